The van der Waals surface area contributed by atoms with Crippen molar-refractivity contribution >= 4 is 17.9 Å². The second kappa shape index (κ2) is 5.26. The normalized spacial score (nSPS) is 11.9. The van der Waals surface area contributed by atoms with Gasteiger partial charge in [-0.25, -0.2) is 0 Å². The predicted molar refractivity (Wildman–Crippen MR) is 58.1 cm³/mol. The lowest BCUT2D eigenvalue weighted by Gasteiger charge is -2.24. The van der Waals surface area contributed by atoms with Crippen LogP contribution in [0.1, 0.15) is 6.92 Å². The van der Waals surface area contributed by atoms with Crippen LogP contribution in [0.5, 0.6) is 0 Å². The molecule has 1 aromatic rings. The summed E-state index contributed by atoms with van der Waals surface area (Å²) in [7, 11) is 0. The molecule has 0 aromatic heterocycles. The average Bonchev–Trinajstić information content (AvgIpc) is 2.30. The SMILES string of the molecule is C[C@H]([C]=O)N(C(=O)CN)c1ccccc1. The Balaban J connectivity index is 3.01. The number of anilines is 1. The molecule has 0 aliphatic rings. The highest BCUT2D eigenvalue weighted by atomic mass is 16.2. The minimum absolute atomic E-state index is 0.124. The fourth-order valence-electron chi connectivity index (χ4n) is 1.32. The van der Waals surface area contributed by atoms with Crippen LogP contribution in [0, 0.1) is 0 Å². The maximum Gasteiger partial charge on any atom is 0.241 e. The lowest BCUT2D eigenvalue weighted by atomic mass is 10.2. The molecule has 0 unspecified atom stereocenters. The maximum atomic E-state index is 11.5. The number of hydrogen-bond acceptors (Lipinski definition) is 3. The van der Waals surface area contributed by atoms with Crippen molar-refractivity contribution in [3.8, 4) is 0 Å². The standard InChI is InChI=1S/C11H13N2O2/c1-9(8-14)13(11(15)7-12)10-5-3-2-4-6-10/h2-6,9H,7,12H2,1H3/t9-/m1/s1. The van der Waals surface area contributed by atoms with Gasteiger partial charge in [-0.1, -0.05) is 18.2 Å². The molecule has 1 radical (unpaired) electrons. The third kappa shape index (κ3) is 2.63. The third-order valence-electron chi connectivity index (χ3n) is 2.04. The summed E-state index contributed by atoms with van der Waals surface area (Å²) in [6.45, 7) is 1.48. The fraction of sp³-hybridized carbons (Fsp3) is 0.273. The third-order valence-corrected chi connectivity index (χ3v) is 2.04. The van der Waals surface area contributed by atoms with Crippen LogP contribution in [0.15, 0.2) is 30.3 Å². The number of amides is 1. The van der Waals surface area contributed by atoms with Crippen molar-refractivity contribution in [2.45, 2.75) is 13.0 Å². The van der Waals surface area contributed by atoms with Crippen LogP contribution >= 0.6 is 0 Å². The topological polar surface area (TPSA) is 63.4 Å². The lowest BCUT2D eigenvalue weighted by molar-refractivity contribution is -0.117. The molecular formula is C11H13N2O2. The van der Waals surface area contributed by atoms with Crippen LogP contribution in [0.25, 0.3) is 0 Å². The second-order valence-electron chi connectivity index (χ2n) is 3.10. The highest BCUT2D eigenvalue weighted by molar-refractivity contribution is 5.98. The zero-order valence-electron chi connectivity index (χ0n) is 8.51. The van der Waals surface area contributed by atoms with Gasteiger partial charge in [0.25, 0.3) is 0 Å². The molecule has 0 aliphatic heterocycles. The quantitative estimate of drug-likeness (QED) is 0.777. The summed E-state index contributed by atoms with van der Waals surface area (Å²) >= 11 is 0. The Morgan fingerprint density at radius 3 is 2.53 bits per heavy atom. The molecule has 1 amide bonds. The van der Waals surface area contributed by atoms with E-state index in [0.29, 0.717) is 5.69 Å². The van der Waals surface area contributed by atoms with E-state index in [1.165, 1.54) is 4.90 Å². The van der Waals surface area contributed by atoms with E-state index in [9.17, 15) is 9.59 Å². The first-order valence-corrected chi connectivity index (χ1v) is 4.65. The molecule has 1 aromatic carbocycles. The zero-order valence-corrected chi connectivity index (χ0v) is 8.51. The molecule has 0 fully saturated rings. The monoisotopic (exact) mass is 205 g/mol. The van der Waals surface area contributed by atoms with Gasteiger partial charge in [0, 0.05) is 5.69 Å². The summed E-state index contributed by atoms with van der Waals surface area (Å²) in [5.41, 5.74) is 5.94. The average molecular weight is 205 g/mol. The van der Waals surface area contributed by atoms with Crippen LogP contribution < -0.4 is 10.6 Å². The number of carbonyl (C=O) groups excluding carboxylic acids is 2. The predicted octanol–water partition coefficient (Wildman–Crippen LogP) is 0.476. The Kier molecular flexibility index (Phi) is 4.00. The highest BCUT2D eigenvalue weighted by Gasteiger charge is 2.20. The number of benzene rings is 1. The number of para-hydroxylation sites is 1. The van der Waals surface area contributed by atoms with E-state index in [2.05, 4.69) is 0 Å². The molecule has 0 heterocycles. The summed E-state index contributed by atoms with van der Waals surface area (Å²) < 4.78 is 0. The molecule has 0 aliphatic carbocycles. The molecule has 4 heteroatoms. The van der Waals surface area contributed by atoms with Crippen molar-refractivity contribution in [2.24, 2.45) is 5.73 Å². The largest absolute Gasteiger partial charge is 0.322 e. The molecule has 0 spiro atoms. The van der Waals surface area contributed by atoms with Gasteiger partial charge in [-0.3, -0.25) is 9.59 Å². The van der Waals surface area contributed by atoms with E-state index in [1.54, 1.807) is 37.5 Å². The van der Waals surface area contributed by atoms with Gasteiger partial charge in [0.2, 0.25) is 12.2 Å². The second-order valence-corrected chi connectivity index (χ2v) is 3.10. The molecular weight excluding hydrogens is 192 g/mol. The summed E-state index contributed by atoms with van der Waals surface area (Å²) in [6, 6.07) is 8.31. The van der Waals surface area contributed by atoms with Crippen molar-refractivity contribution < 1.29 is 9.59 Å². The molecule has 79 valence electrons. The molecule has 1 rings (SSSR count). The van der Waals surface area contributed by atoms with Crippen molar-refractivity contribution in [3.63, 3.8) is 0 Å². The highest BCUT2D eigenvalue weighted by Crippen LogP contribution is 2.15. The van der Waals surface area contributed by atoms with E-state index in [4.69, 9.17) is 5.73 Å². The number of carbonyl (C=O) groups is 1. The lowest BCUT2D eigenvalue weighted by Crippen LogP contribution is -2.43. The summed E-state index contributed by atoms with van der Waals surface area (Å²) in [5, 5.41) is 0. The zero-order chi connectivity index (χ0) is 11.3. The van der Waals surface area contributed by atoms with E-state index in [1.807, 2.05) is 6.07 Å². The van der Waals surface area contributed by atoms with Gasteiger partial charge in [0.05, 0.1) is 6.54 Å². The Labute approximate surface area is 88.7 Å². The molecule has 0 bridgehead atoms. The molecule has 15 heavy (non-hydrogen) atoms. The molecule has 1 atom stereocenters. The summed E-state index contributed by atoms with van der Waals surface area (Å²) in [6.07, 6.45) is 1.78. The first-order chi connectivity index (χ1) is 7.20. The number of nitrogens with two attached hydrogens (primary N) is 1. The van der Waals surface area contributed by atoms with Crippen molar-refractivity contribution in [1.29, 1.82) is 0 Å². The Morgan fingerprint density at radius 2 is 2.07 bits per heavy atom. The maximum absolute atomic E-state index is 11.5. The minimum atomic E-state index is -0.622. The first-order valence-electron chi connectivity index (χ1n) is 4.65. The minimum Gasteiger partial charge on any atom is -0.322 e. The Hall–Kier alpha value is -1.68. The summed E-state index contributed by atoms with van der Waals surface area (Å²) in [5.74, 6) is -0.294. The number of rotatable bonds is 4. The van der Waals surface area contributed by atoms with Gasteiger partial charge in [-0.2, -0.15) is 0 Å². The smallest absolute Gasteiger partial charge is 0.241 e. The fourth-order valence-corrected chi connectivity index (χ4v) is 1.32. The van der Waals surface area contributed by atoms with Gasteiger partial charge >= 0.3 is 0 Å². The number of hydrogen-bond donors (Lipinski definition) is 1. The molecule has 4 nitrogen and oxygen atoms in total. The van der Waals surface area contributed by atoms with Crippen molar-refractivity contribution in [3.05, 3.63) is 30.3 Å². The van der Waals surface area contributed by atoms with Crippen molar-refractivity contribution in [1.82, 2.24) is 0 Å². The van der Waals surface area contributed by atoms with Gasteiger partial charge in [-0.15, -0.1) is 0 Å². The molecule has 2 N–H and O–H groups in total. The Morgan fingerprint density at radius 1 is 1.47 bits per heavy atom. The van der Waals surface area contributed by atoms with Crippen LogP contribution in [0.4, 0.5) is 5.69 Å². The van der Waals surface area contributed by atoms with E-state index in [0.717, 1.165) is 0 Å². The van der Waals surface area contributed by atoms with E-state index >= 15 is 0 Å². The van der Waals surface area contributed by atoms with Crippen LogP contribution in [0.3, 0.4) is 0 Å². The molecule has 0 saturated carbocycles. The van der Waals surface area contributed by atoms with Gasteiger partial charge in [0.1, 0.15) is 6.04 Å². The summed E-state index contributed by atoms with van der Waals surface area (Å²) in [4.78, 5) is 23.5. The van der Waals surface area contributed by atoms with Gasteiger partial charge in [-0.05, 0) is 19.1 Å². The van der Waals surface area contributed by atoms with Crippen LogP contribution in [0.2, 0.25) is 0 Å². The number of nitrogens with zero attached hydrogens (tertiary/aromatic N) is 1. The Bertz CT molecular complexity index is 338. The van der Waals surface area contributed by atoms with Crippen molar-refractivity contribution in [2.75, 3.05) is 11.4 Å². The van der Waals surface area contributed by atoms with E-state index in [-0.39, 0.29) is 12.5 Å². The van der Waals surface area contributed by atoms with E-state index < -0.39 is 6.04 Å². The van der Waals surface area contributed by atoms with Crippen LogP contribution in [-0.4, -0.2) is 24.8 Å². The molecule has 0 saturated heterocycles. The van der Waals surface area contributed by atoms with Gasteiger partial charge < -0.3 is 10.6 Å². The first kappa shape index (κ1) is 11.4. The van der Waals surface area contributed by atoms with Crippen LogP contribution in [-0.2, 0) is 9.59 Å². The van der Waals surface area contributed by atoms with Gasteiger partial charge in [0.15, 0.2) is 0 Å².